The van der Waals surface area contributed by atoms with E-state index >= 15 is 0 Å². The van der Waals surface area contributed by atoms with Gasteiger partial charge in [0, 0.05) is 12.4 Å². The first kappa shape index (κ1) is 9.26. The SMILES string of the molecule is OC(O)c1ccc(-c2cnccn2)s1. The Kier molecular flexibility index (Phi) is 2.53. The molecule has 0 unspecified atom stereocenters. The van der Waals surface area contributed by atoms with Crippen molar-refractivity contribution < 1.29 is 10.2 Å². The van der Waals surface area contributed by atoms with Crippen molar-refractivity contribution in [2.75, 3.05) is 0 Å². The minimum Gasteiger partial charge on any atom is -0.364 e. The summed E-state index contributed by atoms with van der Waals surface area (Å²) in [6, 6.07) is 3.46. The second-order valence-corrected chi connectivity index (χ2v) is 3.78. The normalized spacial score (nSPS) is 10.8. The minimum atomic E-state index is -1.41. The van der Waals surface area contributed by atoms with Gasteiger partial charge in [-0.05, 0) is 12.1 Å². The zero-order chi connectivity index (χ0) is 9.97. The Morgan fingerprint density at radius 1 is 1.21 bits per heavy atom. The highest BCUT2D eigenvalue weighted by Crippen LogP contribution is 2.28. The third-order valence-corrected chi connectivity index (χ3v) is 2.84. The molecule has 2 N–H and O–H groups in total. The van der Waals surface area contributed by atoms with E-state index in [-0.39, 0.29) is 0 Å². The van der Waals surface area contributed by atoms with Gasteiger partial charge in [-0.15, -0.1) is 11.3 Å². The van der Waals surface area contributed by atoms with Gasteiger partial charge >= 0.3 is 0 Å². The Bertz CT molecular complexity index is 414. The van der Waals surface area contributed by atoms with Gasteiger partial charge in [0.1, 0.15) is 0 Å². The molecule has 0 aromatic carbocycles. The summed E-state index contributed by atoms with van der Waals surface area (Å²) in [6.07, 6.45) is 3.42. The molecule has 0 amide bonds. The highest BCUT2D eigenvalue weighted by molar-refractivity contribution is 7.15. The fourth-order valence-corrected chi connectivity index (χ4v) is 1.90. The molecule has 5 heteroatoms. The number of aliphatic hydroxyl groups is 2. The summed E-state index contributed by atoms with van der Waals surface area (Å²) in [5.74, 6) is 0. The fraction of sp³-hybridized carbons (Fsp3) is 0.111. The standard InChI is InChI=1S/C9H8N2O2S/c12-9(13)8-2-1-7(14-8)6-5-10-3-4-11-6/h1-5,9,12-13H. The molecule has 0 radical (unpaired) electrons. The van der Waals surface area contributed by atoms with Crippen LogP contribution in [0.2, 0.25) is 0 Å². The van der Waals surface area contributed by atoms with Crippen molar-refractivity contribution in [1.82, 2.24) is 9.97 Å². The Morgan fingerprint density at radius 3 is 2.64 bits per heavy atom. The molecule has 0 aliphatic heterocycles. The van der Waals surface area contributed by atoms with Crippen LogP contribution in [-0.4, -0.2) is 20.2 Å². The molecule has 0 aliphatic carbocycles. The molecule has 0 bridgehead atoms. The summed E-state index contributed by atoms with van der Waals surface area (Å²) in [7, 11) is 0. The Balaban J connectivity index is 2.34. The van der Waals surface area contributed by atoms with Crippen LogP contribution in [-0.2, 0) is 0 Å². The van der Waals surface area contributed by atoms with Gasteiger partial charge < -0.3 is 10.2 Å². The van der Waals surface area contributed by atoms with Gasteiger partial charge in [-0.1, -0.05) is 0 Å². The molecular weight excluding hydrogens is 200 g/mol. The second-order valence-electron chi connectivity index (χ2n) is 2.67. The fourth-order valence-electron chi connectivity index (χ4n) is 1.06. The van der Waals surface area contributed by atoms with Gasteiger partial charge in [0.05, 0.1) is 21.6 Å². The number of nitrogens with zero attached hydrogens (tertiary/aromatic N) is 2. The number of aliphatic hydroxyl groups excluding tert-OH is 1. The van der Waals surface area contributed by atoms with Crippen LogP contribution in [0.4, 0.5) is 0 Å². The maximum absolute atomic E-state index is 8.91. The van der Waals surface area contributed by atoms with E-state index in [0.717, 1.165) is 10.6 Å². The van der Waals surface area contributed by atoms with Gasteiger partial charge in [0.2, 0.25) is 0 Å². The summed E-state index contributed by atoms with van der Waals surface area (Å²) >= 11 is 1.29. The highest BCUT2D eigenvalue weighted by Gasteiger charge is 2.08. The van der Waals surface area contributed by atoms with Crippen molar-refractivity contribution in [1.29, 1.82) is 0 Å². The van der Waals surface area contributed by atoms with E-state index in [1.54, 1.807) is 30.7 Å². The predicted octanol–water partition coefficient (Wildman–Crippen LogP) is 1.19. The van der Waals surface area contributed by atoms with Crippen molar-refractivity contribution in [3.63, 3.8) is 0 Å². The largest absolute Gasteiger partial charge is 0.364 e. The molecule has 72 valence electrons. The van der Waals surface area contributed by atoms with Crippen LogP contribution in [0.5, 0.6) is 0 Å². The van der Waals surface area contributed by atoms with Crippen molar-refractivity contribution in [3.05, 3.63) is 35.6 Å². The summed E-state index contributed by atoms with van der Waals surface area (Å²) < 4.78 is 0. The zero-order valence-electron chi connectivity index (χ0n) is 7.16. The Labute approximate surface area is 84.5 Å². The van der Waals surface area contributed by atoms with Gasteiger partial charge in [-0.3, -0.25) is 9.97 Å². The van der Waals surface area contributed by atoms with Crippen LogP contribution in [0.15, 0.2) is 30.7 Å². The first-order valence-corrected chi connectivity index (χ1v) is 4.81. The second kappa shape index (κ2) is 3.83. The Morgan fingerprint density at radius 2 is 2.07 bits per heavy atom. The molecule has 0 spiro atoms. The van der Waals surface area contributed by atoms with Gasteiger partial charge in [-0.2, -0.15) is 0 Å². The zero-order valence-corrected chi connectivity index (χ0v) is 7.98. The lowest BCUT2D eigenvalue weighted by Crippen LogP contribution is -1.88. The number of thiophene rings is 1. The molecular formula is C9H8N2O2S. The topological polar surface area (TPSA) is 66.2 Å². The van der Waals surface area contributed by atoms with Gasteiger partial charge in [-0.25, -0.2) is 0 Å². The molecule has 4 nitrogen and oxygen atoms in total. The van der Waals surface area contributed by atoms with Crippen molar-refractivity contribution in [3.8, 4) is 10.6 Å². The average molecular weight is 208 g/mol. The number of hydrogen-bond acceptors (Lipinski definition) is 5. The summed E-state index contributed by atoms with van der Waals surface area (Å²) in [5.41, 5.74) is 0.740. The third kappa shape index (κ3) is 1.79. The lowest BCUT2D eigenvalue weighted by atomic mass is 10.3. The molecule has 2 aromatic heterocycles. The van der Waals surface area contributed by atoms with E-state index in [2.05, 4.69) is 9.97 Å². The van der Waals surface area contributed by atoms with E-state index in [4.69, 9.17) is 10.2 Å². The molecule has 2 heterocycles. The third-order valence-electron chi connectivity index (χ3n) is 1.70. The molecule has 0 atom stereocenters. The first-order valence-electron chi connectivity index (χ1n) is 3.99. The van der Waals surface area contributed by atoms with Crippen molar-refractivity contribution >= 4 is 11.3 Å². The summed E-state index contributed by atoms with van der Waals surface area (Å²) in [4.78, 5) is 9.42. The molecule has 0 fully saturated rings. The van der Waals surface area contributed by atoms with Crippen molar-refractivity contribution in [2.24, 2.45) is 0 Å². The van der Waals surface area contributed by atoms with Gasteiger partial charge in [0.25, 0.3) is 0 Å². The molecule has 2 rings (SSSR count). The molecule has 14 heavy (non-hydrogen) atoms. The molecule has 0 saturated carbocycles. The minimum absolute atomic E-state index is 0.505. The Hall–Kier alpha value is -1.30. The summed E-state index contributed by atoms with van der Waals surface area (Å²) in [5, 5.41) is 17.8. The van der Waals surface area contributed by atoms with Crippen LogP contribution < -0.4 is 0 Å². The lowest BCUT2D eigenvalue weighted by Gasteiger charge is -1.96. The average Bonchev–Trinajstić information content (AvgIpc) is 2.68. The number of aromatic nitrogens is 2. The van der Waals surface area contributed by atoms with Crippen LogP contribution in [0.25, 0.3) is 10.6 Å². The van der Waals surface area contributed by atoms with Crippen LogP contribution >= 0.6 is 11.3 Å². The van der Waals surface area contributed by atoms with E-state index in [1.165, 1.54) is 11.3 Å². The quantitative estimate of drug-likeness (QED) is 0.727. The molecule has 0 aliphatic rings. The predicted molar refractivity (Wildman–Crippen MR) is 52.5 cm³/mol. The number of rotatable bonds is 2. The van der Waals surface area contributed by atoms with Crippen LogP contribution in [0.3, 0.4) is 0 Å². The summed E-state index contributed by atoms with van der Waals surface area (Å²) in [6.45, 7) is 0. The first-order chi connectivity index (χ1) is 6.77. The maximum Gasteiger partial charge on any atom is 0.188 e. The van der Waals surface area contributed by atoms with Crippen LogP contribution in [0, 0.1) is 0 Å². The van der Waals surface area contributed by atoms with E-state index in [0.29, 0.717) is 4.88 Å². The smallest absolute Gasteiger partial charge is 0.188 e. The molecule has 0 saturated heterocycles. The maximum atomic E-state index is 8.91. The highest BCUT2D eigenvalue weighted by atomic mass is 32.1. The van der Waals surface area contributed by atoms with Gasteiger partial charge in [0.15, 0.2) is 6.29 Å². The van der Waals surface area contributed by atoms with Crippen LogP contribution in [0.1, 0.15) is 11.2 Å². The van der Waals surface area contributed by atoms with E-state index < -0.39 is 6.29 Å². The monoisotopic (exact) mass is 208 g/mol. The van der Waals surface area contributed by atoms with Crippen molar-refractivity contribution in [2.45, 2.75) is 6.29 Å². The molecule has 2 aromatic rings. The van der Waals surface area contributed by atoms with E-state index in [1.807, 2.05) is 0 Å². The van der Waals surface area contributed by atoms with E-state index in [9.17, 15) is 0 Å². The number of hydrogen-bond donors (Lipinski definition) is 2. The lowest BCUT2D eigenvalue weighted by molar-refractivity contribution is -0.0395.